The van der Waals surface area contributed by atoms with E-state index in [0.717, 1.165) is 17.7 Å². The number of amides is 1. The molecule has 0 radical (unpaired) electrons. The Bertz CT molecular complexity index is 1160. The summed E-state index contributed by atoms with van der Waals surface area (Å²) in [5, 5.41) is 6.11. The molecule has 3 heterocycles. The van der Waals surface area contributed by atoms with Crippen LogP contribution in [0.2, 0.25) is 0 Å². The molecule has 32 heavy (non-hydrogen) atoms. The quantitative estimate of drug-likeness (QED) is 0.355. The first kappa shape index (κ1) is 21.4. The van der Waals surface area contributed by atoms with Crippen LogP contribution in [0.1, 0.15) is 29.4 Å². The minimum Gasteiger partial charge on any atom is -0.492 e. The van der Waals surface area contributed by atoms with Crippen molar-refractivity contribution in [2.45, 2.75) is 19.8 Å². The maximum absolute atomic E-state index is 14.3. The predicted octanol–water partition coefficient (Wildman–Crippen LogP) is 4.60. The normalized spacial score (nSPS) is 13.0. The minimum absolute atomic E-state index is 0.0715. The largest absolute Gasteiger partial charge is 0.492 e. The van der Waals surface area contributed by atoms with E-state index in [9.17, 15) is 9.18 Å². The third-order valence-electron chi connectivity index (χ3n) is 5.23. The van der Waals surface area contributed by atoms with Gasteiger partial charge in [-0.25, -0.2) is 4.39 Å². The van der Waals surface area contributed by atoms with Crippen LogP contribution in [0, 0.1) is 5.82 Å². The van der Waals surface area contributed by atoms with Crippen molar-refractivity contribution in [3.8, 4) is 22.8 Å². The number of benzene rings is 1. The summed E-state index contributed by atoms with van der Waals surface area (Å²) < 4.78 is 25.5. The Morgan fingerprint density at radius 2 is 2.19 bits per heavy atom. The number of aromatic nitrogens is 2. The molecule has 3 N–H and O–H groups in total. The van der Waals surface area contributed by atoms with E-state index in [2.05, 4.69) is 20.6 Å². The molecule has 1 aliphatic rings. The number of carbonyl (C=O) groups is 1. The van der Waals surface area contributed by atoms with Gasteiger partial charge in [0.05, 0.1) is 42.5 Å². The first-order chi connectivity index (χ1) is 15.6. The van der Waals surface area contributed by atoms with Crippen molar-refractivity contribution in [2.24, 2.45) is 0 Å². The van der Waals surface area contributed by atoms with Crippen molar-refractivity contribution < 1.29 is 18.7 Å². The number of hydrogen-bond donors (Lipinski definition) is 3. The average molecular weight is 436 g/mol. The summed E-state index contributed by atoms with van der Waals surface area (Å²) in [4.78, 5) is 20.3. The molecule has 8 heteroatoms. The van der Waals surface area contributed by atoms with Gasteiger partial charge in [-0.3, -0.25) is 9.78 Å². The lowest BCUT2D eigenvalue weighted by Gasteiger charge is -2.17. The molecular weight excluding hydrogens is 411 g/mol. The third kappa shape index (κ3) is 4.16. The molecule has 166 valence electrons. The molecule has 1 aliphatic heterocycles. The van der Waals surface area contributed by atoms with Crippen LogP contribution in [-0.4, -0.2) is 36.1 Å². The summed E-state index contributed by atoms with van der Waals surface area (Å²) in [5.41, 5.74) is 3.67. The van der Waals surface area contributed by atoms with Crippen molar-refractivity contribution in [1.29, 1.82) is 0 Å². The Morgan fingerprint density at radius 3 is 3.00 bits per heavy atom. The fourth-order valence-corrected chi connectivity index (χ4v) is 3.76. The van der Waals surface area contributed by atoms with Gasteiger partial charge in [-0.1, -0.05) is 18.2 Å². The SMILES string of the molecule is C/C=C/CCOc1cnccc1-c1[nH]c2c(c1Nc1cccc(F)c1OC)C(=O)NCC2. The zero-order valence-corrected chi connectivity index (χ0v) is 18.0. The highest BCUT2D eigenvalue weighted by Crippen LogP contribution is 2.41. The topological polar surface area (TPSA) is 88.3 Å². The lowest BCUT2D eigenvalue weighted by molar-refractivity contribution is 0.0947. The summed E-state index contributed by atoms with van der Waals surface area (Å²) in [6.45, 7) is 2.99. The molecule has 1 aromatic carbocycles. The first-order valence-corrected chi connectivity index (χ1v) is 10.4. The van der Waals surface area contributed by atoms with Gasteiger partial charge >= 0.3 is 0 Å². The number of nitrogens with zero attached hydrogens (tertiary/aromatic N) is 1. The van der Waals surface area contributed by atoms with E-state index < -0.39 is 5.82 Å². The second-order valence-electron chi connectivity index (χ2n) is 7.26. The molecular formula is C24H25FN4O3. The Balaban J connectivity index is 1.81. The van der Waals surface area contributed by atoms with Crippen molar-refractivity contribution in [1.82, 2.24) is 15.3 Å². The van der Waals surface area contributed by atoms with Crippen LogP contribution in [0.5, 0.6) is 11.5 Å². The fraction of sp³-hybridized carbons (Fsp3) is 0.250. The maximum atomic E-state index is 14.3. The van der Waals surface area contributed by atoms with Crippen molar-refractivity contribution in [3.63, 3.8) is 0 Å². The highest BCUT2D eigenvalue weighted by molar-refractivity contribution is 6.06. The van der Waals surface area contributed by atoms with Gasteiger partial charge in [0, 0.05) is 30.4 Å². The van der Waals surface area contributed by atoms with E-state index in [0.29, 0.717) is 48.0 Å². The predicted molar refractivity (Wildman–Crippen MR) is 121 cm³/mol. The molecule has 0 saturated heterocycles. The smallest absolute Gasteiger partial charge is 0.255 e. The minimum atomic E-state index is -0.496. The summed E-state index contributed by atoms with van der Waals surface area (Å²) in [6, 6.07) is 6.44. The third-order valence-corrected chi connectivity index (χ3v) is 5.23. The van der Waals surface area contributed by atoms with Crippen LogP contribution < -0.4 is 20.1 Å². The second-order valence-corrected chi connectivity index (χ2v) is 7.26. The molecule has 4 rings (SSSR count). The van der Waals surface area contributed by atoms with E-state index in [-0.39, 0.29) is 11.7 Å². The number of carbonyl (C=O) groups excluding carboxylic acids is 1. The first-order valence-electron chi connectivity index (χ1n) is 10.4. The molecule has 0 bridgehead atoms. The lowest BCUT2D eigenvalue weighted by atomic mass is 10.0. The van der Waals surface area contributed by atoms with Crippen LogP contribution in [0.15, 0.2) is 48.8 Å². The van der Waals surface area contributed by atoms with Crippen molar-refractivity contribution in [2.75, 3.05) is 25.6 Å². The number of anilines is 2. The molecule has 3 aromatic rings. The molecule has 0 saturated carbocycles. The van der Waals surface area contributed by atoms with Crippen LogP contribution in [0.4, 0.5) is 15.8 Å². The number of rotatable bonds is 8. The summed E-state index contributed by atoms with van der Waals surface area (Å²) >= 11 is 0. The van der Waals surface area contributed by atoms with E-state index in [4.69, 9.17) is 9.47 Å². The van der Waals surface area contributed by atoms with Gasteiger partial charge in [0.1, 0.15) is 5.75 Å². The van der Waals surface area contributed by atoms with E-state index in [1.165, 1.54) is 13.2 Å². The van der Waals surface area contributed by atoms with Gasteiger partial charge < -0.3 is 25.1 Å². The number of fused-ring (bicyclic) bond motifs is 1. The number of allylic oxidation sites excluding steroid dienone is 1. The molecule has 7 nitrogen and oxygen atoms in total. The zero-order chi connectivity index (χ0) is 22.5. The van der Waals surface area contributed by atoms with Crippen molar-refractivity contribution in [3.05, 3.63) is 65.9 Å². The van der Waals surface area contributed by atoms with Crippen LogP contribution >= 0.6 is 0 Å². The molecule has 0 spiro atoms. The van der Waals surface area contributed by atoms with Gasteiger partial charge in [-0.15, -0.1) is 0 Å². The van der Waals surface area contributed by atoms with Gasteiger partial charge in [-0.2, -0.15) is 0 Å². The maximum Gasteiger partial charge on any atom is 0.255 e. The van der Waals surface area contributed by atoms with E-state index >= 15 is 0 Å². The highest BCUT2D eigenvalue weighted by atomic mass is 19.1. The van der Waals surface area contributed by atoms with Gasteiger partial charge in [0.15, 0.2) is 11.6 Å². The Labute approximate surface area is 185 Å². The summed E-state index contributed by atoms with van der Waals surface area (Å²) in [5.74, 6) is -0.0338. The van der Waals surface area contributed by atoms with E-state index in [1.807, 2.05) is 25.1 Å². The Morgan fingerprint density at radius 1 is 1.31 bits per heavy atom. The summed E-state index contributed by atoms with van der Waals surface area (Å²) in [6.07, 6.45) is 8.73. The van der Waals surface area contributed by atoms with Crippen LogP contribution in [-0.2, 0) is 6.42 Å². The number of H-pyrrole nitrogens is 1. The molecule has 0 atom stereocenters. The molecule has 1 amide bonds. The number of pyridine rings is 1. The average Bonchev–Trinajstić information content (AvgIpc) is 3.16. The monoisotopic (exact) mass is 436 g/mol. The van der Waals surface area contributed by atoms with Gasteiger partial charge in [0.25, 0.3) is 5.91 Å². The number of halogens is 1. The second kappa shape index (κ2) is 9.55. The van der Waals surface area contributed by atoms with Crippen molar-refractivity contribution >= 4 is 17.3 Å². The molecule has 0 fully saturated rings. The van der Waals surface area contributed by atoms with Crippen LogP contribution in [0.3, 0.4) is 0 Å². The Hall–Kier alpha value is -3.81. The van der Waals surface area contributed by atoms with E-state index in [1.54, 1.807) is 24.5 Å². The number of ether oxygens (including phenoxy) is 2. The number of hydrogen-bond acceptors (Lipinski definition) is 5. The standard InChI is InChI=1S/C24H25FN4O3/c1-3-4-5-13-32-19-14-26-11-9-15(19)21-22(20-17(28-21)10-12-27-24(20)30)29-18-8-6-7-16(25)23(18)31-2/h3-4,6-9,11,14,28-29H,5,10,12-13H2,1-2H3,(H,27,30)/b4-3+. The fourth-order valence-electron chi connectivity index (χ4n) is 3.76. The summed E-state index contributed by atoms with van der Waals surface area (Å²) in [7, 11) is 1.41. The van der Waals surface area contributed by atoms with Crippen LogP contribution in [0.25, 0.3) is 11.3 Å². The molecule has 0 aliphatic carbocycles. The highest BCUT2D eigenvalue weighted by Gasteiger charge is 2.28. The van der Waals surface area contributed by atoms with Gasteiger partial charge in [0.2, 0.25) is 0 Å². The van der Waals surface area contributed by atoms with Gasteiger partial charge in [-0.05, 0) is 31.5 Å². The number of nitrogens with one attached hydrogen (secondary N) is 3. The zero-order valence-electron chi connectivity index (χ0n) is 18.0. The number of aromatic amines is 1. The Kier molecular flexibility index (Phi) is 6.39. The molecule has 2 aromatic heterocycles. The molecule has 0 unspecified atom stereocenters. The number of para-hydroxylation sites is 1. The lowest BCUT2D eigenvalue weighted by Crippen LogP contribution is -2.31. The number of methoxy groups -OCH3 is 1.